The van der Waals surface area contributed by atoms with Crippen molar-refractivity contribution in [1.29, 1.82) is 0 Å². The van der Waals surface area contributed by atoms with Crippen molar-refractivity contribution < 1.29 is 8.78 Å². The molecule has 2 aromatic carbocycles. The van der Waals surface area contributed by atoms with E-state index in [1.54, 1.807) is 12.3 Å². The third kappa shape index (κ3) is 3.49. The van der Waals surface area contributed by atoms with Crippen molar-refractivity contribution in [3.05, 3.63) is 89.5 Å². The van der Waals surface area contributed by atoms with Crippen molar-refractivity contribution in [2.75, 3.05) is 16.8 Å². The molecular weight excluding hydrogens is 456 g/mol. The summed E-state index contributed by atoms with van der Waals surface area (Å²) in [4.78, 5) is 14.4. The molecule has 2 aliphatic rings. The van der Waals surface area contributed by atoms with Gasteiger partial charge < -0.3 is 10.3 Å². The van der Waals surface area contributed by atoms with Gasteiger partial charge in [0.2, 0.25) is 0 Å². The fourth-order valence-electron chi connectivity index (χ4n) is 5.33. The Morgan fingerprint density at radius 3 is 2.78 bits per heavy atom. The molecule has 4 aromatic rings. The van der Waals surface area contributed by atoms with Gasteiger partial charge in [-0.25, -0.2) is 8.78 Å². The molecule has 0 aliphatic carbocycles. The molecule has 36 heavy (non-hydrogen) atoms. The van der Waals surface area contributed by atoms with E-state index in [1.807, 2.05) is 62.2 Å². The Labute approximate surface area is 208 Å². The van der Waals surface area contributed by atoms with Gasteiger partial charge in [-0.1, -0.05) is 30.3 Å². The van der Waals surface area contributed by atoms with Gasteiger partial charge in [0.1, 0.15) is 17.3 Å². The van der Waals surface area contributed by atoms with Crippen molar-refractivity contribution in [2.24, 2.45) is 4.99 Å². The number of hydrogen-bond acceptors (Lipinski definition) is 4. The van der Waals surface area contributed by atoms with Crippen LogP contribution < -0.4 is 10.2 Å². The van der Waals surface area contributed by atoms with Crippen molar-refractivity contribution in [2.45, 2.75) is 39.2 Å². The van der Waals surface area contributed by atoms with Crippen LogP contribution in [0.4, 0.5) is 20.2 Å². The molecule has 0 unspecified atom stereocenters. The quantitative estimate of drug-likeness (QED) is 0.339. The number of pyridine rings is 1. The van der Waals surface area contributed by atoms with E-state index < -0.39 is 17.2 Å². The fraction of sp³-hybridized carbons (Fsp3) is 0.241. The largest absolute Gasteiger partial charge is 0.371 e. The van der Waals surface area contributed by atoms with Crippen LogP contribution in [0.25, 0.3) is 22.0 Å². The Morgan fingerprint density at radius 2 is 1.97 bits per heavy atom. The first-order valence-corrected chi connectivity index (χ1v) is 12.2. The molecule has 5 nitrogen and oxygen atoms in total. The number of benzene rings is 2. The summed E-state index contributed by atoms with van der Waals surface area (Å²) in [5.41, 5.74) is 3.99. The van der Waals surface area contributed by atoms with E-state index in [0.717, 1.165) is 28.8 Å². The lowest BCUT2D eigenvalue weighted by molar-refractivity contribution is 0.586. The SMILES string of the molecule is Cc1c[nH]c2c(-c3c(F)cc4c(c3F)N3C(Cc5ccccn5)=CCCN=C3C(C)(C)N4)cccc12. The van der Waals surface area contributed by atoms with Crippen LogP contribution in [0.5, 0.6) is 0 Å². The van der Waals surface area contributed by atoms with Gasteiger partial charge in [0.05, 0.1) is 22.3 Å². The molecule has 0 bridgehead atoms. The summed E-state index contributed by atoms with van der Waals surface area (Å²) in [6, 6.07) is 12.7. The molecule has 0 saturated carbocycles. The first-order chi connectivity index (χ1) is 17.3. The minimum absolute atomic E-state index is 0.0523. The minimum atomic E-state index is -0.627. The lowest BCUT2D eigenvalue weighted by atomic mass is 9.92. The van der Waals surface area contributed by atoms with E-state index in [4.69, 9.17) is 4.99 Å². The molecule has 182 valence electrons. The number of aromatic amines is 1. The number of aromatic nitrogens is 2. The Kier molecular flexibility index (Phi) is 5.18. The standard InChI is InChI=1S/C29H27F2N5/c1-17-16-34-26-20(17)10-6-11-21(26)24-22(30)15-23-27(25(24)31)36-19(14-18-8-4-5-12-32-18)9-7-13-33-28(36)29(2,3)35-23/h4-6,8-12,15-16,34-35H,7,13-14H2,1-3H3. The first-order valence-electron chi connectivity index (χ1n) is 12.2. The Hall–Kier alpha value is -4.00. The predicted molar refractivity (Wildman–Crippen MR) is 142 cm³/mol. The average Bonchev–Trinajstić information content (AvgIpc) is 3.09. The van der Waals surface area contributed by atoms with Gasteiger partial charge in [-0.2, -0.15) is 0 Å². The van der Waals surface area contributed by atoms with E-state index in [2.05, 4.69) is 21.4 Å². The van der Waals surface area contributed by atoms with Gasteiger partial charge in [0.15, 0.2) is 5.82 Å². The average molecular weight is 484 g/mol. The van der Waals surface area contributed by atoms with Crippen LogP contribution in [0.3, 0.4) is 0 Å². The third-order valence-corrected chi connectivity index (χ3v) is 6.97. The Morgan fingerprint density at radius 1 is 1.11 bits per heavy atom. The molecule has 0 fully saturated rings. The summed E-state index contributed by atoms with van der Waals surface area (Å²) in [6.45, 7) is 6.53. The first kappa shape index (κ1) is 22.5. The number of fused-ring (bicyclic) bond motifs is 4. The maximum Gasteiger partial charge on any atom is 0.160 e. The van der Waals surface area contributed by atoms with E-state index in [1.165, 1.54) is 6.07 Å². The lowest BCUT2D eigenvalue weighted by Crippen LogP contribution is -2.54. The molecule has 2 N–H and O–H groups in total. The molecule has 0 radical (unpaired) electrons. The number of allylic oxidation sites excluding steroid dienone is 1. The lowest BCUT2D eigenvalue weighted by Gasteiger charge is -2.44. The molecule has 0 saturated heterocycles. The number of aliphatic imine (C=N–C) groups is 1. The molecule has 4 heterocycles. The number of halogens is 2. The van der Waals surface area contributed by atoms with Gasteiger partial charge >= 0.3 is 0 Å². The van der Waals surface area contributed by atoms with Crippen LogP contribution in [0.2, 0.25) is 0 Å². The van der Waals surface area contributed by atoms with Crippen LogP contribution in [0, 0.1) is 18.6 Å². The second-order valence-electron chi connectivity index (χ2n) is 9.92. The minimum Gasteiger partial charge on any atom is -0.371 e. The third-order valence-electron chi connectivity index (χ3n) is 6.97. The molecular formula is C29H27F2N5. The number of anilines is 2. The molecule has 7 heteroatoms. The molecule has 6 rings (SSSR count). The highest BCUT2D eigenvalue weighted by Crippen LogP contribution is 2.46. The summed E-state index contributed by atoms with van der Waals surface area (Å²) in [6.07, 6.45) is 6.94. The van der Waals surface area contributed by atoms with Crippen molar-refractivity contribution >= 4 is 28.1 Å². The second kappa shape index (κ2) is 8.29. The maximum absolute atomic E-state index is 16.7. The van der Waals surface area contributed by atoms with E-state index in [9.17, 15) is 0 Å². The van der Waals surface area contributed by atoms with Gasteiger partial charge in [-0.3, -0.25) is 14.9 Å². The Bertz CT molecular complexity index is 1550. The zero-order valence-electron chi connectivity index (χ0n) is 20.5. The number of hydrogen-bond donors (Lipinski definition) is 2. The Balaban J connectivity index is 1.59. The van der Waals surface area contributed by atoms with Crippen molar-refractivity contribution in [1.82, 2.24) is 9.97 Å². The number of rotatable bonds is 3. The van der Waals surface area contributed by atoms with Crippen LogP contribution in [-0.4, -0.2) is 27.9 Å². The number of para-hydroxylation sites is 1. The topological polar surface area (TPSA) is 56.3 Å². The van der Waals surface area contributed by atoms with Gasteiger partial charge in [-0.05, 0) is 44.9 Å². The van der Waals surface area contributed by atoms with Crippen molar-refractivity contribution in [3.63, 3.8) is 0 Å². The van der Waals surface area contributed by atoms with E-state index in [0.29, 0.717) is 35.6 Å². The summed E-state index contributed by atoms with van der Waals surface area (Å²) in [5.74, 6) is -0.519. The number of nitrogens with one attached hydrogen (secondary N) is 2. The highest BCUT2D eigenvalue weighted by Gasteiger charge is 2.41. The van der Waals surface area contributed by atoms with E-state index in [-0.39, 0.29) is 11.3 Å². The van der Waals surface area contributed by atoms with Gasteiger partial charge in [0, 0.05) is 53.8 Å². The molecule has 0 atom stereocenters. The zero-order chi connectivity index (χ0) is 25.0. The number of nitrogens with zero attached hydrogens (tertiary/aromatic N) is 3. The number of H-pyrrole nitrogens is 1. The van der Waals surface area contributed by atoms with Gasteiger partial charge in [0.25, 0.3) is 0 Å². The highest BCUT2D eigenvalue weighted by atomic mass is 19.1. The summed E-state index contributed by atoms with van der Waals surface area (Å²) < 4.78 is 32.4. The monoisotopic (exact) mass is 483 g/mol. The molecule has 0 spiro atoms. The second-order valence-corrected chi connectivity index (χ2v) is 9.92. The molecule has 2 aliphatic heterocycles. The fourth-order valence-corrected chi connectivity index (χ4v) is 5.33. The molecule has 0 amide bonds. The number of aryl methyl sites for hydroxylation is 1. The van der Waals surface area contributed by atoms with E-state index >= 15 is 8.78 Å². The zero-order valence-corrected chi connectivity index (χ0v) is 20.5. The predicted octanol–water partition coefficient (Wildman–Crippen LogP) is 6.76. The number of amidine groups is 1. The van der Waals surface area contributed by atoms with Crippen LogP contribution >= 0.6 is 0 Å². The van der Waals surface area contributed by atoms with Gasteiger partial charge in [-0.15, -0.1) is 0 Å². The summed E-state index contributed by atoms with van der Waals surface area (Å²) in [7, 11) is 0. The van der Waals surface area contributed by atoms with Crippen molar-refractivity contribution in [3.8, 4) is 11.1 Å². The van der Waals surface area contributed by atoms with Crippen LogP contribution in [-0.2, 0) is 6.42 Å². The summed E-state index contributed by atoms with van der Waals surface area (Å²) in [5, 5.41) is 4.29. The normalized spacial score (nSPS) is 16.5. The van der Waals surface area contributed by atoms with Crippen LogP contribution in [0.15, 0.2) is 71.6 Å². The highest BCUT2D eigenvalue weighted by molar-refractivity contribution is 6.14. The summed E-state index contributed by atoms with van der Waals surface area (Å²) >= 11 is 0. The smallest absolute Gasteiger partial charge is 0.160 e. The van der Waals surface area contributed by atoms with Crippen LogP contribution in [0.1, 0.15) is 31.5 Å². The molecule has 2 aromatic heterocycles. The maximum atomic E-state index is 16.7.